The Morgan fingerprint density at radius 3 is 0.540 bits per heavy atom. The number of rotatable bonds is 10. The molecule has 10 atom stereocenters. The summed E-state index contributed by atoms with van der Waals surface area (Å²) in [6.45, 7) is -3.50. The van der Waals surface area contributed by atoms with Crippen molar-refractivity contribution in [1.82, 2.24) is 0 Å². The van der Waals surface area contributed by atoms with Crippen molar-refractivity contribution < 1.29 is 199 Å². The Morgan fingerprint density at radius 2 is 0.476 bits per heavy atom. The van der Waals surface area contributed by atoms with E-state index in [-0.39, 0.29) is 72.1 Å². The molecule has 5 rings (SSSR count). The average Bonchev–Trinajstić information content (AvgIpc) is 3.93. The van der Waals surface area contributed by atoms with Gasteiger partial charge in [-0.3, -0.25) is 0 Å². The molecule has 5 heterocycles. The van der Waals surface area contributed by atoms with Crippen LogP contribution in [-0.2, 0) is 67.1 Å². The first-order valence-corrected chi connectivity index (χ1v) is 15.9. The van der Waals surface area contributed by atoms with Crippen LogP contribution >= 0.6 is 0 Å². The first-order valence-electron chi connectivity index (χ1n) is 15.9. The molecule has 0 aromatic carbocycles. The van der Waals surface area contributed by atoms with Crippen LogP contribution in [-0.4, -0.2) is 224 Å². The summed E-state index contributed by atoms with van der Waals surface area (Å²) in [5, 5.41) is 184. The minimum absolute atomic E-state index is 0. The van der Waals surface area contributed by atoms with Crippen molar-refractivity contribution in [3.63, 3.8) is 0 Å². The first kappa shape index (κ1) is 63.3. The van der Waals surface area contributed by atoms with E-state index < -0.39 is 182 Å². The quantitative estimate of drug-likeness (QED) is 0.0549. The van der Waals surface area contributed by atoms with Crippen LogP contribution in [0.2, 0.25) is 0 Å². The third-order valence-electron chi connectivity index (χ3n) is 7.29. The van der Waals surface area contributed by atoms with E-state index in [2.05, 4.69) is 23.7 Å². The number of hydrogen-bond acceptors (Lipinski definition) is 30. The third-order valence-corrected chi connectivity index (χ3v) is 7.29. The standard InChI is InChI=1S/5C6H8O6.Mg.Na.Zn/c5*7-1-2(8)5-3(9)4(10)6(11)12-5;;;/h5*2,5,7-10H,1H2;;;/q;;;;;+2;+1;+2/p-5/t5*2-,5+;;;/m00000.../s1. The minimum Gasteiger partial charge on any atom is -0.865 e. The average molecular weight is 988 g/mol. The third kappa shape index (κ3) is 16.2. The van der Waals surface area contributed by atoms with E-state index in [0.29, 0.717) is 0 Å². The fraction of sp³-hybridized carbons (Fsp3) is 0.500. The van der Waals surface area contributed by atoms with Gasteiger partial charge in [-0.1, -0.05) is 0 Å². The summed E-state index contributed by atoms with van der Waals surface area (Å²) in [5.74, 6) is -16.3. The molecule has 0 saturated carbocycles. The predicted molar refractivity (Wildman–Crippen MR) is 169 cm³/mol. The van der Waals surface area contributed by atoms with Crippen molar-refractivity contribution in [1.29, 1.82) is 0 Å². The molecular weight excluding hydrogens is 953 g/mol. The number of ether oxygens (including phenoxy) is 5. The van der Waals surface area contributed by atoms with Crippen LogP contribution in [0.1, 0.15) is 0 Å². The van der Waals surface area contributed by atoms with Crippen molar-refractivity contribution in [2.75, 3.05) is 33.0 Å². The molecule has 33 heteroatoms. The molecule has 5 aliphatic heterocycles. The molecule has 15 N–H and O–H groups in total. The Labute approximate surface area is 401 Å². The molecule has 340 valence electrons. The Balaban J connectivity index is -0.000000706. The van der Waals surface area contributed by atoms with Crippen LogP contribution in [0.3, 0.4) is 0 Å². The van der Waals surface area contributed by atoms with Crippen LogP contribution in [0.5, 0.6) is 0 Å². The second-order valence-corrected chi connectivity index (χ2v) is 11.5. The molecule has 0 radical (unpaired) electrons. The fourth-order valence-corrected chi connectivity index (χ4v) is 4.07. The van der Waals surface area contributed by atoms with E-state index in [4.69, 9.17) is 76.6 Å². The van der Waals surface area contributed by atoms with Gasteiger partial charge in [0.15, 0.2) is 30.5 Å². The predicted octanol–water partition coefficient (Wildman–Crippen LogP) is -16.4. The Morgan fingerprint density at radius 1 is 0.365 bits per heavy atom. The number of aliphatic hydroxyl groups is 15. The van der Waals surface area contributed by atoms with Gasteiger partial charge >= 0.3 is 102 Å². The van der Waals surface area contributed by atoms with Crippen LogP contribution in [0.15, 0.2) is 57.6 Å². The number of cyclic esters (lactones) is 5. The smallest absolute Gasteiger partial charge is 0.865 e. The van der Waals surface area contributed by atoms with Crippen molar-refractivity contribution in [3.05, 3.63) is 57.6 Å². The second-order valence-electron chi connectivity index (χ2n) is 11.5. The molecule has 0 aromatic heterocycles. The van der Waals surface area contributed by atoms with Crippen molar-refractivity contribution in [2.24, 2.45) is 0 Å². The van der Waals surface area contributed by atoms with Crippen molar-refractivity contribution in [3.8, 4) is 0 Å². The molecule has 0 amide bonds. The number of aliphatic hydroxyl groups excluding tert-OH is 15. The molecule has 0 unspecified atom stereocenters. The molecule has 0 aliphatic carbocycles. The van der Waals surface area contributed by atoms with Gasteiger partial charge in [0.05, 0.1) is 33.0 Å². The van der Waals surface area contributed by atoms with Gasteiger partial charge in [-0.15, -0.1) is 0 Å². The summed E-state index contributed by atoms with van der Waals surface area (Å²) in [7, 11) is 0. The molecule has 0 aromatic rings. The van der Waals surface area contributed by atoms with Gasteiger partial charge in [0.1, 0.15) is 59.3 Å². The maximum Gasteiger partial charge on any atom is 2.00 e. The van der Waals surface area contributed by atoms with Gasteiger partial charge in [-0.2, -0.15) is 0 Å². The summed E-state index contributed by atoms with van der Waals surface area (Å²) in [5.41, 5.74) is 0. The zero-order chi connectivity index (χ0) is 46.5. The van der Waals surface area contributed by atoms with E-state index >= 15 is 0 Å². The van der Waals surface area contributed by atoms with E-state index in [0.717, 1.165) is 0 Å². The van der Waals surface area contributed by atoms with Gasteiger partial charge in [-0.25, -0.2) is 24.0 Å². The molecule has 0 saturated heterocycles. The molecule has 63 heavy (non-hydrogen) atoms. The number of hydrogen-bond donors (Lipinski definition) is 15. The van der Waals surface area contributed by atoms with Gasteiger partial charge in [0.2, 0.25) is 0 Å². The van der Waals surface area contributed by atoms with Gasteiger partial charge in [0, 0.05) is 28.8 Å². The van der Waals surface area contributed by atoms with Gasteiger partial charge < -0.3 is 126 Å². The van der Waals surface area contributed by atoms with Gasteiger partial charge in [0.25, 0.3) is 0 Å². The number of carbonyl (C=O) groups is 5. The molecular formula is C30H35MgNaO30Zn. The van der Waals surface area contributed by atoms with Crippen LogP contribution in [0, 0.1) is 0 Å². The zero-order valence-corrected chi connectivity index (χ0v) is 38.4. The number of esters is 5. The molecule has 0 spiro atoms. The van der Waals surface area contributed by atoms with Crippen LogP contribution in [0.25, 0.3) is 0 Å². The largest absolute Gasteiger partial charge is 2.00 e. The number of carbonyl (C=O) groups excluding carboxylic acids is 5. The maximum absolute atomic E-state index is 10.6. The Hall–Kier alpha value is -3.96. The van der Waals surface area contributed by atoms with E-state index in [1.54, 1.807) is 0 Å². The van der Waals surface area contributed by atoms with E-state index in [1.807, 2.05) is 0 Å². The minimum atomic E-state index is -1.46. The summed E-state index contributed by atoms with van der Waals surface area (Å²) in [6.07, 6.45) is -14.4. The monoisotopic (exact) mass is 986 g/mol. The molecule has 5 aliphatic rings. The Bertz CT molecular complexity index is 1470. The summed E-state index contributed by atoms with van der Waals surface area (Å²) in [4.78, 5) is 52.3. The summed E-state index contributed by atoms with van der Waals surface area (Å²) >= 11 is 0. The van der Waals surface area contributed by atoms with E-state index in [1.165, 1.54) is 0 Å². The van der Waals surface area contributed by atoms with Crippen molar-refractivity contribution >= 4 is 52.9 Å². The van der Waals surface area contributed by atoms with Crippen LogP contribution < -0.4 is 55.1 Å². The van der Waals surface area contributed by atoms with E-state index in [9.17, 15) is 49.5 Å². The summed E-state index contributed by atoms with van der Waals surface area (Å²) < 4.78 is 21.3. The van der Waals surface area contributed by atoms with Gasteiger partial charge in [-0.05, 0) is 0 Å². The zero-order valence-electron chi connectivity index (χ0n) is 32.1. The first-order chi connectivity index (χ1) is 27.9. The SMILES string of the molecule is O=C1O[C@H]([C@@H](O)CO)C(O)=C1[O-].O=C1O[C@H]([C@@H](O)CO)C(O)=C1[O-].O=C1O[C@H]([C@@H](O)CO)C(O)=C1[O-].O=C1O[C@H]([C@@H](O)CO)C(O)=C1[O-].O=C1O[C@H]([C@@H](O)CO)C(O)=C1[O-].[Mg+2].[Na+].[Zn+2]. The second kappa shape index (κ2) is 28.8. The fourth-order valence-electron chi connectivity index (χ4n) is 4.07. The van der Waals surface area contributed by atoms with Crippen LogP contribution in [0.4, 0.5) is 0 Å². The Kier molecular flexibility index (Phi) is 28.9. The topological polar surface area (TPSA) is 550 Å². The normalized spacial score (nSPS) is 24.6. The molecule has 30 nitrogen and oxygen atoms in total. The molecule has 0 bridgehead atoms. The van der Waals surface area contributed by atoms with Crippen molar-refractivity contribution in [2.45, 2.75) is 61.0 Å². The molecule has 0 fully saturated rings. The summed E-state index contributed by atoms with van der Waals surface area (Å²) in [6, 6.07) is 0. The maximum atomic E-state index is 10.6.